The molecule has 0 atom stereocenters. The fourth-order valence-electron chi connectivity index (χ4n) is 1.13. The molecule has 0 amide bonds. The average molecular weight is 157 g/mol. The number of hydrogen-bond acceptors (Lipinski definition) is 1. The molecule has 0 aromatic carbocycles. The summed E-state index contributed by atoms with van der Waals surface area (Å²) in [5.41, 5.74) is 0.699. The molecular weight excluding hydrogens is 134 g/mol. The molecule has 0 bridgehead atoms. The Morgan fingerprint density at radius 1 is 1.27 bits per heavy atom. The molecule has 0 heterocycles. The molecular formula is C10H23N. The van der Waals surface area contributed by atoms with E-state index in [4.69, 9.17) is 0 Å². The molecule has 0 aromatic heterocycles. The van der Waals surface area contributed by atoms with Gasteiger partial charge in [0, 0.05) is 6.54 Å². The fourth-order valence-corrected chi connectivity index (χ4v) is 1.13. The van der Waals surface area contributed by atoms with Crippen molar-refractivity contribution in [2.24, 2.45) is 5.41 Å². The predicted octanol–water partition coefficient (Wildman–Crippen LogP) is 2.76. The normalized spacial score (nSPS) is 19.1. The van der Waals surface area contributed by atoms with Crippen LogP contribution in [0.5, 0.6) is 0 Å². The lowest BCUT2D eigenvalue weighted by atomic mass is 10.1. The second-order valence-corrected chi connectivity index (χ2v) is 3.64. The summed E-state index contributed by atoms with van der Waals surface area (Å²) in [6.45, 7) is 11.1. The van der Waals surface area contributed by atoms with E-state index >= 15 is 0 Å². The summed E-state index contributed by atoms with van der Waals surface area (Å²) in [6.07, 6.45) is 2.88. The van der Waals surface area contributed by atoms with Crippen LogP contribution in [-0.2, 0) is 0 Å². The second kappa shape index (κ2) is 4.76. The van der Waals surface area contributed by atoms with E-state index in [1.54, 1.807) is 0 Å². The lowest BCUT2D eigenvalue weighted by molar-refractivity contribution is 0.287. The van der Waals surface area contributed by atoms with Gasteiger partial charge in [0.25, 0.3) is 0 Å². The Bertz CT molecular complexity index is 95.0. The molecule has 0 saturated heterocycles. The van der Waals surface area contributed by atoms with Gasteiger partial charge in [-0.25, -0.2) is 0 Å². The predicted molar refractivity (Wildman–Crippen MR) is 51.9 cm³/mol. The van der Waals surface area contributed by atoms with Crippen molar-refractivity contribution < 1.29 is 0 Å². The topological polar surface area (TPSA) is 3.24 Å². The molecule has 1 aliphatic rings. The van der Waals surface area contributed by atoms with Crippen LogP contribution in [-0.4, -0.2) is 25.0 Å². The average Bonchev–Trinajstić information content (AvgIpc) is 2.72. The van der Waals surface area contributed by atoms with Gasteiger partial charge < -0.3 is 4.90 Å². The summed E-state index contributed by atoms with van der Waals surface area (Å²) < 4.78 is 0. The third-order valence-corrected chi connectivity index (χ3v) is 2.30. The maximum absolute atomic E-state index is 2.40. The molecule has 68 valence electrons. The third-order valence-electron chi connectivity index (χ3n) is 2.30. The van der Waals surface area contributed by atoms with Crippen LogP contribution in [0.1, 0.15) is 40.5 Å². The zero-order chi connectivity index (χ0) is 8.91. The zero-order valence-corrected chi connectivity index (χ0v) is 8.78. The van der Waals surface area contributed by atoms with Crippen molar-refractivity contribution in [1.29, 1.82) is 0 Å². The van der Waals surface area contributed by atoms with Crippen LogP contribution in [0, 0.1) is 5.41 Å². The van der Waals surface area contributed by atoms with Gasteiger partial charge in [-0.15, -0.1) is 0 Å². The summed E-state index contributed by atoms with van der Waals surface area (Å²) in [5, 5.41) is 0. The molecule has 0 N–H and O–H groups in total. The van der Waals surface area contributed by atoms with E-state index in [2.05, 4.69) is 25.8 Å². The van der Waals surface area contributed by atoms with Crippen LogP contribution in [0.2, 0.25) is 0 Å². The largest absolute Gasteiger partial charge is 0.306 e. The molecule has 0 aromatic rings. The maximum atomic E-state index is 2.40. The fraction of sp³-hybridized carbons (Fsp3) is 1.00. The minimum atomic E-state index is 0.699. The van der Waals surface area contributed by atoms with Crippen molar-refractivity contribution in [2.75, 3.05) is 20.1 Å². The second-order valence-electron chi connectivity index (χ2n) is 3.64. The first-order valence-electron chi connectivity index (χ1n) is 4.85. The van der Waals surface area contributed by atoms with Gasteiger partial charge in [0.1, 0.15) is 0 Å². The highest BCUT2D eigenvalue weighted by Crippen LogP contribution is 2.45. The smallest absolute Gasteiger partial charge is 0.00322 e. The molecule has 0 unspecified atom stereocenters. The molecule has 11 heavy (non-hydrogen) atoms. The van der Waals surface area contributed by atoms with Crippen LogP contribution in [0.25, 0.3) is 0 Å². The highest BCUT2D eigenvalue weighted by atomic mass is 15.1. The first-order valence-corrected chi connectivity index (χ1v) is 4.85. The lowest BCUT2D eigenvalue weighted by Gasteiger charge is -2.17. The standard InChI is InChI=1S/C8H17N.C2H6/c1-4-9(3)7-8(2)5-6-8;1-2/h4-7H2,1-3H3;1-2H3. The van der Waals surface area contributed by atoms with E-state index in [1.165, 1.54) is 25.9 Å². The Balaban J connectivity index is 0.000000461. The number of rotatable bonds is 3. The molecule has 0 radical (unpaired) electrons. The third kappa shape index (κ3) is 4.41. The highest BCUT2D eigenvalue weighted by molar-refractivity contribution is 4.90. The molecule has 1 nitrogen and oxygen atoms in total. The van der Waals surface area contributed by atoms with Gasteiger partial charge in [-0.1, -0.05) is 27.7 Å². The zero-order valence-electron chi connectivity index (χ0n) is 8.78. The Kier molecular flexibility index (Phi) is 4.74. The van der Waals surface area contributed by atoms with Gasteiger partial charge in [-0.05, 0) is 31.8 Å². The van der Waals surface area contributed by atoms with Crippen LogP contribution in [0.15, 0.2) is 0 Å². The Morgan fingerprint density at radius 2 is 1.73 bits per heavy atom. The van der Waals surface area contributed by atoms with Gasteiger partial charge in [-0.3, -0.25) is 0 Å². The van der Waals surface area contributed by atoms with Crippen molar-refractivity contribution in [1.82, 2.24) is 4.90 Å². The minimum absolute atomic E-state index is 0.699. The first kappa shape index (κ1) is 11.0. The quantitative estimate of drug-likeness (QED) is 0.609. The van der Waals surface area contributed by atoms with Crippen molar-refractivity contribution in [3.05, 3.63) is 0 Å². The molecule has 0 spiro atoms. The van der Waals surface area contributed by atoms with Crippen molar-refractivity contribution >= 4 is 0 Å². The van der Waals surface area contributed by atoms with E-state index < -0.39 is 0 Å². The number of nitrogens with zero attached hydrogens (tertiary/aromatic N) is 1. The van der Waals surface area contributed by atoms with Gasteiger partial charge in [0.15, 0.2) is 0 Å². The van der Waals surface area contributed by atoms with Crippen molar-refractivity contribution in [2.45, 2.75) is 40.5 Å². The summed E-state index contributed by atoms with van der Waals surface area (Å²) >= 11 is 0. The van der Waals surface area contributed by atoms with E-state index in [0.717, 1.165) is 0 Å². The summed E-state index contributed by atoms with van der Waals surface area (Å²) in [7, 11) is 2.20. The molecule has 1 rings (SSSR count). The van der Waals surface area contributed by atoms with Gasteiger partial charge >= 0.3 is 0 Å². The van der Waals surface area contributed by atoms with Crippen molar-refractivity contribution in [3.8, 4) is 0 Å². The Hall–Kier alpha value is -0.0400. The van der Waals surface area contributed by atoms with Gasteiger partial charge in [0.05, 0.1) is 0 Å². The summed E-state index contributed by atoms with van der Waals surface area (Å²) in [5.74, 6) is 0. The number of hydrogen-bond donors (Lipinski definition) is 0. The Labute approximate surface area is 71.8 Å². The van der Waals surface area contributed by atoms with Crippen LogP contribution in [0.4, 0.5) is 0 Å². The van der Waals surface area contributed by atoms with Crippen LogP contribution in [0.3, 0.4) is 0 Å². The lowest BCUT2D eigenvalue weighted by Crippen LogP contribution is -2.24. The molecule has 1 fully saturated rings. The van der Waals surface area contributed by atoms with E-state index in [0.29, 0.717) is 5.41 Å². The van der Waals surface area contributed by atoms with E-state index in [1.807, 2.05) is 13.8 Å². The maximum Gasteiger partial charge on any atom is 0.00322 e. The van der Waals surface area contributed by atoms with Crippen LogP contribution < -0.4 is 0 Å². The summed E-state index contributed by atoms with van der Waals surface area (Å²) in [6, 6.07) is 0. The molecule has 0 aliphatic heterocycles. The summed E-state index contributed by atoms with van der Waals surface area (Å²) in [4.78, 5) is 2.40. The monoisotopic (exact) mass is 157 g/mol. The molecule has 1 heteroatoms. The van der Waals surface area contributed by atoms with Crippen LogP contribution >= 0.6 is 0 Å². The minimum Gasteiger partial charge on any atom is -0.306 e. The Morgan fingerprint density at radius 3 is 2.00 bits per heavy atom. The van der Waals surface area contributed by atoms with E-state index in [9.17, 15) is 0 Å². The van der Waals surface area contributed by atoms with Gasteiger partial charge in [-0.2, -0.15) is 0 Å². The molecule has 1 aliphatic carbocycles. The van der Waals surface area contributed by atoms with Crippen molar-refractivity contribution in [3.63, 3.8) is 0 Å². The SMILES string of the molecule is CC.CCN(C)CC1(C)CC1. The highest BCUT2D eigenvalue weighted by Gasteiger charge is 2.37. The molecule has 1 saturated carbocycles. The van der Waals surface area contributed by atoms with Gasteiger partial charge in [0.2, 0.25) is 0 Å². The first-order chi connectivity index (χ1) is 5.16. The van der Waals surface area contributed by atoms with E-state index in [-0.39, 0.29) is 0 Å².